The highest BCUT2D eigenvalue weighted by atomic mass is 79.9. The smallest absolute Gasteiger partial charge is 0.219 e. The van der Waals surface area contributed by atoms with Gasteiger partial charge in [-0.1, -0.05) is 22.0 Å². The number of methoxy groups -OCH3 is 1. The highest BCUT2D eigenvalue weighted by Crippen LogP contribution is 2.22. The Labute approximate surface area is 109 Å². The largest absolute Gasteiger partial charge is 0.497 e. The molecule has 0 fully saturated rings. The van der Waals surface area contributed by atoms with E-state index in [9.17, 15) is 0 Å². The Morgan fingerprint density at radius 1 is 1.06 bits per heavy atom. The second-order valence-corrected chi connectivity index (χ2v) is 3.98. The van der Waals surface area contributed by atoms with Crippen molar-refractivity contribution in [2.75, 3.05) is 7.11 Å². The van der Waals surface area contributed by atoms with Gasteiger partial charge in [-0.2, -0.15) is 0 Å². The second kappa shape index (κ2) is 5.68. The molecular formula is C13H12BrNO2. The van der Waals surface area contributed by atoms with Gasteiger partial charge in [0.2, 0.25) is 5.88 Å². The van der Waals surface area contributed by atoms with Crippen molar-refractivity contribution in [2.24, 2.45) is 0 Å². The molecule has 4 heteroatoms. The first-order valence-electron chi connectivity index (χ1n) is 5.14. The predicted octanol–water partition coefficient (Wildman–Crippen LogP) is 3.78. The number of rotatable bonds is 4. The third kappa shape index (κ3) is 3.20. The molecule has 0 N–H and O–H groups in total. The van der Waals surface area contributed by atoms with Gasteiger partial charge in [0.05, 0.1) is 7.11 Å². The van der Waals surface area contributed by atoms with Crippen molar-refractivity contribution in [3.8, 4) is 17.4 Å². The van der Waals surface area contributed by atoms with Crippen LogP contribution in [0, 0.1) is 0 Å². The first-order chi connectivity index (χ1) is 8.31. The summed E-state index contributed by atoms with van der Waals surface area (Å²) in [6.07, 6.45) is 1.79. The number of alkyl halides is 1. The Bertz CT molecular complexity index is 422. The molecule has 0 bridgehead atoms. The molecule has 0 aliphatic rings. The first-order valence-corrected chi connectivity index (χ1v) is 6.27. The number of aromatic nitrogens is 1. The number of hydrogen-bond donors (Lipinski definition) is 0. The average Bonchev–Trinajstić information content (AvgIpc) is 2.40. The molecule has 0 radical (unpaired) electrons. The number of nitrogens with zero attached hydrogens (tertiary/aromatic N) is 1. The molecule has 0 saturated carbocycles. The summed E-state index contributed by atoms with van der Waals surface area (Å²) in [4.78, 5) is 4.20. The topological polar surface area (TPSA) is 31.4 Å². The average molecular weight is 294 g/mol. The minimum atomic E-state index is 0.583. The zero-order valence-corrected chi connectivity index (χ0v) is 11.0. The molecule has 1 aromatic carbocycles. The van der Waals surface area contributed by atoms with Gasteiger partial charge < -0.3 is 9.47 Å². The van der Waals surface area contributed by atoms with Gasteiger partial charge in [-0.3, -0.25) is 0 Å². The van der Waals surface area contributed by atoms with Crippen molar-refractivity contribution in [1.82, 2.24) is 4.98 Å². The minimum Gasteiger partial charge on any atom is -0.497 e. The molecule has 17 heavy (non-hydrogen) atoms. The van der Waals surface area contributed by atoms with Crippen LogP contribution >= 0.6 is 15.9 Å². The molecule has 3 nitrogen and oxygen atoms in total. The van der Waals surface area contributed by atoms with Gasteiger partial charge in [-0.25, -0.2) is 4.98 Å². The van der Waals surface area contributed by atoms with Crippen LogP contribution in [-0.2, 0) is 5.33 Å². The Balaban J connectivity index is 2.08. The van der Waals surface area contributed by atoms with Gasteiger partial charge in [0.1, 0.15) is 11.5 Å². The Kier molecular flexibility index (Phi) is 3.98. The monoisotopic (exact) mass is 293 g/mol. The maximum Gasteiger partial charge on any atom is 0.219 e. The van der Waals surface area contributed by atoms with Crippen LogP contribution in [0.4, 0.5) is 0 Å². The van der Waals surface area contributed by atoms with E-state index in [1.165, 1.54) is 0 Å². The highest BCUT2D eigenvalue weighted by molar-refractivity contribution is 9.08. The van der Waals surface area contributed by atoms with Gasteiger partial charge in [0.25, 0.3) is 0 Å². The van der Waals surface area contributed by atoms with Gasteiger partial charge in [0, 0.05) is 17.6 Å². The van der Waals surface area contributed by atoms with E-state index < -0.39 is 0 Å². The van der Waals surface area contributed by atoms with E-state index in [-0.39, 0.29) is 0 Å². The van der Waals surface area contributed by atoms with Crippen molar-refractivity contribution in [2.45, 2.75) is 5.33 Å². The highest BCUT2D eigenvalue weighted by Gasteiger charge is 1.99. The van der Waals surface area contributed by atoms with Crippen LogP contribution in [0.25, 0.3) is 0 Å². The van der Waals surface area contributed by atoms with Crippen molar-refractivity contribution < 1.29 is 9.47 Å². The predicted molar refractivity (Wildman–Crippen MR) is 69.9 cm³/mol. The zero-order chi connectivity index (χ0) is 12.1. The SMILES string of the molecule is COc1ccc(Oc2ccc(CBr)cn2)cc1. The van der Waals surface area contributed by atoms with E-state index in [1.54, 1.807) is 13.3 Å². The van der Waals surface area contributed by atoms with Crippen LogP contribution in [0.1, 0.15) is 5.56 Å². The van der Waals surface area contributed by atoms with Gasteiger partial charge >= 0.3 is 0 Å². The van der Waals surface area contributed by atoms with Crippen LogP contribution in [0.2, 0.25) is 0 Å². The minimum absolute atomic E-state index is 0.583. The summed E-state index contributed by atoms with van der Waals surface area (Å²) in [7, 11) is 1.64. The molecule has 2 rings (SSSR count). The van der Waals surface area contributed by atoms with Crippen LogP contribution < -0.4 is 9.47 Å². The molecular weight excluding hydrogens is 282 g/mol. The van der Waals surface area contributed by atoms with Crippen molar-refractivity contribution in [3.05, 3.63) is 48.2 Å². The zero-order valence-electron chi connectivity index (χ0n) is 9.39. The summed E-state index contributed by atoms with van der Waals surface area (Å²) >= 11 is 3.37. The van der Waals surface area contributed by atoms with Crippen molar-refractivity contribution >= 4 is 15.9 Å². The summed E-state index contributed by atoms with van der Waals surface area (Å²) < 4.78 is 10.7. The molecule has 0 atom stereocenters. The maximum atomic E-state index is 5.60. The van der Waals surface area contributed by atoms with Crippen LogP contribution in [0.15, 0.2) is 42.6 Å². The summed E-state index contributed by atoms with van der Waals surface area (Å²) in [6, 6.07) is 11.2. The van der Waals surface area contributed by atoms with Crippen LogP contribution in [0.5, 0.6) is 17.4 Å². The molecule has 2 aromatic rings. The van der Waals surface area contributed by atoms with E-state index >= 15 is 0 Å². The number of pyridine rings is 1. The summed E-state index contributed by atoms with van der Waals surface area (Å²) in [5.41, 5.74) is 1.12. The Hall–Kier alpha value is -1.55. The lowest BCUT2D eigenvalue weighted by atomic mass is 10.3. The van der Waals surface area contributed by atoms with Gasteiger partial charge in [-0.15, -0.1) is 0 Å². The summed E-state index contributed by atoms with van der Waals surface area (Å²) in [6.45, 7) is 0. The first kappa shape index (κ1) is 11.9. The molecule has 0 aliphatic heterocycles. The van der Waals surface area contributed by atoms with E-state index in [0.717, 1.165) is 22.4 Å². The molecule has 0 saturated heterocycles. The fourth-order valence-corrected chi connectivity index (χ4v) is 1.65. The lowest BCUT2D eigenvalue weighted by Crippen LogP contribution is -1.89. The van der Waals surface area contributed by atoms with Gasteiger partial charge in [0.15, 0.2) is 0 Å². The van der Waals surface area contributed by atoms with Crippen LogP contribution in [0.3, 0.4) is 0 Å². The summed E-state index contributed by atoms with van der Waals surface area (Å²) in [5.74, 6) is 2.13. The van der Waals surface area contributed by atoms with Gasteiger partial charge in [-0.05, 0) is 29.8 Å². The van der Waals surface area contributed by atoms with E-state index in [4.69, 9.17) is 9.47 Å². The van der Waals surface area contributed by atoms with Crippen LogP contribution in [-0.4, -0.2) is 12.1 Å². The lowest BCUT2D eigenvalue weighted by molar-refractivity contribution is 0.412. The molecule has 1 heterocycles. The Morgan fingerprint density at radius 2 is 1.76 bits per heavy atom. The quantitative estimate of drug-likeness (QED) is 0.804. The number of hydrogen-bond acceptors (Lipinski definition) is 3. The number of ether oxygens (including phenoxy) is 2. The number of halogens is 1. The molecule has 0 aliphatic carbocycles. The molecule has 88 valence electrons. The fraction of sp³-hybridized carbons (Fsp3) is 0.154. The standard InChI is InChI=1S/C13H12BrNO2/c1-16-11-3-5-12(6-4-11)17-13-7-2-10(8-14)9-15-13/h2-7,9H,8H2,1H3. The van der Waals surface area contributed by atoms with E-state index in [1.807, 2.05) is 36.4 Å². The second-order valence-electron chi connectivity index (χ2n) is 3.42. The molecule has 1 aromatic heterocycles. The van der Waals surface area contributed by atoms with E-state index in [2.05, 4.69) is 20.9 Å². The van der Waals surface area contributed by atoms with E-state index in [0.29, 0.717) is 5.88 Å². The lowest BCUT2D eigenvalue weighted by Gasteiger charge is -2.05. The van der Waals surface area contributed by atoms with Crippen molar-refractivity contribution in [3.63, 3.8) is 0 Å². The fourth-order valence-electron chi connectivity index (χ4n) is 1.31. The molecule has 0 spiro atoms. The molecule has 0 amide bonds. The third-order valence-corrected chi connectivity index (χ3v) is 2.88. The summed E-state index contributed by atoms with van der Waals surface area (Å²) in [5, 5.41) is 0.794. The third-order valence-electron chi connectivity index (χ3n) is 2.23. The van der Waals surface area contributed by atoms with Crippen molar-refractivity contribution in [1.29, 1.82) is 0 Å². The number of benzene rings is 1. The Morgan fingerprint density at radius 3 is 2.29 bits per heavy atom. The molecule has 0 unspecified atom stereocenters. The normalized spacial score (nSPS) is 10.0. The maximum absolute atomic E-state index is 5.60.